The first-order valence-electron chi connectivity index (χ1n) is 10.1. The number of rotatable bonds is 6. The lowest BCUT2D eigenvalue weighted by molar-refractivity contribution is -0.133. The number of hydrogen-bond donors (Lipinski definition) is 1. The van der Waals surface area contributed by atoms with Crippen LogP contribution in [0, 0.1) is 11.3 Å². The van der Waals surface area contributed by atoms with Crippen LogP contribution in [0.15, 0.2) is 73.1 Å². The number of benzene rings is 2. The molecule has 4 rings (SSSR count). The fraction of sp³-hybridized carbons (Fsp3) is 0.120. The van der Waals surface area contributed by atoms with E-state index in [0.717, 1.165) is 0 Å². The van der Waals surface area contributed by atoms with E-state index in [4.69, 9.17) is 16.3 Å². The molecule has 0 radical (unpaired) electrons. The predicted octanol–water partition coefficient (Wildman–Crippen LogP) is 5.67. The summed E-state index contributed by atoms with van der Waals surface area (Å²) in [6, 6.07) is 19.7. The maximum atomic E-state index is 12.3. The molecule has 1 unspecified atom stereocenters. The summed E-state index contributed by atoms with van der Waals surface area (Å²) in [5, 5.41) is 14.2. The molecular weight excluding hydrogens is 424 g/mol. The van der Waals surface area contributed by atoms with Crippen LogP contribution in [-0.4, -0.2) is 15.9 Å². The van der Waals surface area contributed by atoms with Crippen molar-refractivity contribution in [2.24, 2.45) is 0 Å². The number of esters is 1. The van der Waals surface area contributed by atoms with E-state index in [1.807, 2.05) is 36.4 Å². The van der Waals surface area contributed by atoms with Crippen LogP contribution >= 0.6 is 11.6 Å². The molecule has 1 N–H and O–H groups in total. The normalized spacial score (nSPS) is 11.5. The summed E-state index contributed by atoms with van der Waals surface area (Å²) in [5.41, 5.74) is 2.22. The van der Waals surface area contributed by atoms with Crippen molar-refractivity contribution in [1.82, 2.24) is 9.97 Å². The number of fused-ring (bicyclic) bond motifs is 1. The highest BCUT2D eigenvalue weighted by atomic mass is 35.5. The molecule has 7 heteroatoms. The van der Waals surface area contributed by atoms with Gasteiger partial charge < -0.3 is 10.1 Å². The van der Waals surface area contributed by atoms with E-state index in [1.54, 1.807) is 43.6 Å². The molecule has 32 heavy (non-hydrogen) atoms. The van der Waals surface area contributed by atoms with Gasteiger partial charge in [0.25, 0.3) is 0 Å². The fourth-order valence-corrected chi connectivity index (χ4v) is 3.74. The Morgan fingerprint density at radius 3 is 2.62 bits per heavy atom. The van der Waals surface area contributed by atoms with E-state index < -0.39 is 12.0 Å². The molecule has 0 saturated carbocycles. The van der Waals surface area contributed by atoms with Gasteiger partial charge in [-0.3, -0.25) is 9.78 Å². The van der Waals surface area contributed by atoms with Crippen LogP contribution in [0.1, 0.15) is 36.1 Å². The highest BCUT2D eigenvalue weighted by Gasteiger charge is 2.26. The zero-order chi connectivity index (χ0) is 22.5. The molecule has 6 nitrogen and oxygen atoms in total. The molecule has 0 aliphatic carbocycles. The van der Waals surface area contributed by atoms with Gasteiger partial charge in [0.1, 0.15) is 11.3 Å². The zero-order valence-corrected chi connectivity index (χ0v) is 18.0. The fourth-order valence-electron chi connectivity index (χ4n) is 3.47. The monoisotopic (exact) mass is 442 g/mol. The van der Waals surface area contributed by atoms with Crippen molar-refractivity contribution in [3.05, 3.63) is 94.8 Å². The van der Waals surface area contributed by atoms with E-state index in [-0.39, 0.29) is 6.42 Å². The third kappa shape index (κ3) is 4.25. The number of nitriles is 1. The molecule has 158 valence electrons. The number of aromatic nitrogens is 2. The Hall–Kier alpha value is -3.95. The molecule has 0 aliphatic heterocycles. The average Bonchev–Trinajstić information content (AvgIpc) is 2.85. The Morgan fingerprint density at radius 2 is 1.88 bits per heavy atom. The van der Waals surface area contributed by atoms with Gasteiger partial charge in [-0.2, -0.15) is 5.26 Å². The Kier molecular flexibility index (Phi) is 6.29. The van der Waals surface area contributed by atoms with Crippen molar-refractivity contribution in [2.45, 2.75) is 19.4 Å². The number of halogens is 1. The third-order valence-corrected chi connectivity index (χ3v) is 5.30. The highest BCUT2D eigenvalue weighted by Crippen LogP contribution is 2.41. The molecular formula is C25H19ClN4O2. The third-order valence-electron chi connectivity index (χ3n) is 4.99. The van der Waals surface area contributed by atoms with Crippen molar-refractivity contribution < 1.29 is 9.53 Å². The van der Waals surface area contributed by atoms with Gasteiger partial charge in [0.2, 0.25) is 0 Å². The van der Waals surface area contributed by atoms with Gasteiger partial charge in [0.05, 0.1) is 22.7 Å². The number of hydrogen-bond acceptors (Lipinski definition) is 6. The topological polar surface area (TPSA) is 87.9 Å². The molecule has 1 atom stereocenters. The van der Waals surface area contributed by atoms with Crippen LogP contribution in [0.2, 0.25) is 5.02 Å². The van der Waals surface area contributed by atoms with Crippen LogP contribution in [0.3, 0.4) is 0 Å². The lowest BCUT2D eigenvalue weighted by Crippen LogP contribution is -2.18. The second-order valence-electron chi connectivity index (χ2n) is 7.00. The molecule has 0 spiro atoms. The number of carbonyl (C=O) groups excluding carboxylic acids is 1. The van der Waals surface area contributed by atoms with Gasteiger partial charge in [-0.15, -0.1) is 0 Å². The van der Waals surface area contributed by atoms with E-state index in [9.17, 15) is 10.1 Å². The minimum Gasteiger partial charge on any atom is -0.424 e. The van der Waals surface area contributed by atoms with Gasteiger partial charge in [0.15, 0.2) is 5.75 Å². The second kappa shape index (κ2) is 9.46. The molecule has 0 bridgehead atoms. The number of ether oxygens (including phenoxy) is 1. The standard InChI is InChI=1S/C25H19ClN4O2/c1-2-22(31)32-25-19(14-20(26)18-10-7-13-29-24(18)25)23(30-21-11-5-6-12-28-21)17-9-4-3-8-16(17)15-27/h3-14,23H,2H2,1H3,(H,28,30). The molecule has 0 saturated heterocycles. The Bertz CT molecular complexity index is 1320. The van der Waals surface area contributed by atoms with Crippen molar-refractivity contribution in [3.63, 3.8) is 0 Å². The van der Waals surface area contributed by atoms with Crippen molar-refractivity contribution in [1.29, 1.82) is 5.26 Å². The summed E-state index contributed by atoms with van der Waals surface area (Å²) in [4.78, 5) is 21.1. The summed E-state index contributed by atoms with van der Waals surface area (Å²) >= 11 is 6.62. The van der Waals surface area contributed by atoms with Crippen molar-refractivity contribution in [3.8, 4) is 11.8 Å². The van der Waals surface area contributed by atoms with Crippen LogP contribution < -0.4 is 10.1 Å². The van der Waals surface area contributed by atoms with Crippen LogP contribution in [0.5, 0.6) is 5.75 Å². The van der Waals surface area contributed by atoms with Gasteiger partial charge in [0, 0.05) is 29.8 Å². The Balaban J connectivity index is 2.00. The van der Waals surface area contributed by atoms with Gasteiger partial charge in [-0.05, 0) is 42.0 Å². The molecule has 2 aromatic carbocycles. The number of nitrogens with one attached hydrogen (secondary N) is 1. The van der Waals surface area contributed by atoms with Gasteiger partial charge >= 0.3 is 5.97 Å². The molecule has 0 fully saturated rings. The minimum atomic E-state index is -0.579. The quantitative estimate of drug-likeness (QED) is 0.305. The summed E-state index contributed by atoms with van der Waals surface area (Å²) in [6.07, 6.45) is 3.49. The summed E-state index contributed by atoms with van der Waals surface area (Å²) in [5.74, 6) is 0.499. The van der Waals surface area contributed by atoms with E-state index in [0.29, 0.717) is 44.2 Å². The number of pyridine rings is 2. The van der Waals surface area contributed by atoms with Crippen molar-refractivity contribution >= 4 is 34.3 Å². The Morgan fingerprint density at radius 1 is 1.09 bits per heavy atom. The first-order valence-corrected chi connectivity index (χ1v) is 10.4. The smallest absolute Gasteiger partial charge is 0.310 e. The maximum absolute atomic E-state index is 12.3. The van der Waals surface area contributed by atoms with E-state index in [2.05, 4.69) is 21.4 Å². The molecule has 0 amide bonds. The van der Waals surface area contributed by atoms with Gasteiger partial charge in [-0.1, -0.05) is 42.8 Å². The molecule has 2 heterocycles. The average molecular weight is 443 g/mol. The second-order valence-corrected chi connectivity index (χ2v) is 7.40. The number of carbonyl (C=O) groups is 1. The lowest BCUT2D eigenvalue weighted by Gasteiger charge is -2.24. The summed E-state index contributed by atoms with van der Waals surface area (Å²) in [6.45, 7) is 1.72. The highest BCUT2D eigenvalue weighted by molar-refractivity contribution is 6.35. The SMILES string of the molecule is CCC(=O)Oc1c(C(Nc2ccccn2)c2ccccc2C#N)cc(Cl)c2cccnc12. The maximum Gasteiger partial charge on any atom is 0.310 e. The first kappa shape index (κ1) is 21.3. The first-order chi connectivity index (χ1) is 15.6. The summed E-state index contributed by atoms with van der Waals surface area (Å²) < 4.78 is 5.77. The predicted molar refractivity (Wildman–Crippen MR) is 124 cm³/mol. The zero-order valence-electron chi connectivity index (χ0n) is 17.2. The molecule has 0 aliphatic rings. The minimum absolute atomic E-state index is 0.198. The summed E-state index contributed by atoms with van der Waals surface area (Å²) in [7, 11) is 0. The van der Waals surface area contributed by atoms with Crippen LogP contribution in [0.25, 0.3) is 10.9 Å². The largest absolute Gasteiger partial charge is 0.424 e. The van der Waals surface area contributed by atoms with E-state index in [1.165, 1.54) is 0 Å². The van der Waals surface area contributed by atoms with Crippen LogP contribution in [-0.2, 0) is 4.79 Å². The number of nitrogens with zero attached hydrogens (tertiary/aromatic N) is 3. The molecule has 4 aromatic rings. The Labute approximate surface area is 190 Å². The van der Waals surface area contributed by atoms with Gasteiger partial charge in [-0.25, -0.2) is 4.98 Å². The number of anilines is 1. The van der Waals surface area contributed by atoms with Crippen LogP contribution in [0.4, 0.5) is 5.82 Å². The van der Waals surface area contributed by atoms with E-state index >= 15 is 0 Å². The molecule has 2 aromatic heterocycles. The lowest BCUT2D eigenvalue weighted by atomic mass is 9.93. The van der Waals surface area contributed by atoms with Crippen molar-refractivity contribution in [2.75, 3.05) is 5.32 Å².